The van der Waals surface area contributed by atoms with Crippen molar-refractivity contribution in [3.63, 3.8) is 0 Å². The Hall–Kier alpha value is -1.76. The molecule has 6 heteroatoms. The molecule has 124 valence electrons. The number of benzene rings is 1. The van der Waals surface area contributed by atoms with E-state index < -0.39 is 0 Å². The Morgan fingerprint density at radius 2 is 2.17 bits per heavy atom. The summed E-state index contributed by atoms with van der Waals surface area (Å²) in [4.78, 5) is 20.9. The van der Waals surface area contributed by atoms with E-state index in [1.54, 1.807) is 11.1 Å². The van der Waals surface area contributed by atoms with Crippen LogP contribution in [-0.2, 0) is 11.3 Å². The fourth-order valence-electron chi connectivity index (χ4n) is 2.56. The van der Waals surface area contributed by atoms with Crippen LogP contribution in [0, 0.1) is 6.92 Å². The van der Waals surface area contributed by atoms with Gasteiger partial charge in [-0.25, -0.2) is 4.98 Å². The lowest BCUT2D eigenvalue weighted by Crippen LogP contribution is -2.41. The Balaban J connectivity index is 2.26. The summed E-state index contributed by atoms with van der Waals surface area (Å²) < 4.78 is 0. The number of amides is 1. The number of hydrogen-bond donors (Lipinski definition) is 1. The van der Waals surface area contributed by atoms with Gasteiger partial charge in [-0.15, -0.1) is 11.3 Å². The Bertz CT molecular complexity index is 629. The van der Waals surface area contributed by atoms with E-state index in [0.29, 0.717) is 13.1 Å². The summed E-state index contributed by atoms with van der Waals surface area (Å²) in [6, 6.07) is 7.61. The zero-order valence-electron chi connectivity index (χ0n) is 13.8. The molecular formula is C17H23N3O2S. The number of aliphatic hydroxyl groups is 1. The van der Waals surface area contributed by atoms with E-state index in [4.69, 9.17) is 0 Å². The summed E-state index contributed by atoms with van der Waals surface area (Å²) in [6.07, 6.45) is 1.73. The highest BCUT2D eigenvalue weighted by Gasteiger charge is 2.28. The Kier molecular flexibility index (Phi) is 6.27. The van der Waals surface area contributed by atoms with Crippen molar-refractivity contribution in [2.45, 2.75) is 19.5 Å². The highest BCUT2D eigenvalue weighted by atomic mass is 32.1. The minimum Gasteiger partial charge on any atom is -0.395 e. The number of hydrogen-bond acceptors (Lipinski definition) is 5. The van der Waals surface area contributed by atoms with Crippen LogP contribution in [0.15, 0.2) is 35.8 Å². The molecule has 1 amide bonds. The van der Waals surface area contributed by atoms with Gasteiger partial charge in [-0.3, -0.25) is 9.69 Å². The second-order valence-corrected chi connectivity index (χ2v) is 6.67. The standard InChI is InChI=1S/C17H23N3O2S/c1-13-5-4-6-14(11-13)16(19(2)3)17(22)20(8-9-21)12-15-18-7-10-23-15/h4-7,10-11,16,21H,8-9,12H2,1-3H3/t16-/m0/s1. The maximum absolute atomic E-state index is 13.1. The molecule has 1 atom stereocenters. The largest absolute Gasteiger partial charge is 0.395 e. The van der Waals surface area contributed by atoms with E-state index in [-0.39, 0.29) is 18.6 Å². The average Bonchev–Trinajstić information content (AvgIpc) is 2.99. The molecule has 1 aromatic carbocycles. The molecule has 0 radical (unpaired) electrons. The van der Waals surface area contributed by atoms with Gasteiger partial charge in [-0.2, -0.15) is 0 Å². The first kappa shape index (κ1) is 17.6. The fraction of sp³-hybridized carbons (Fsp3) is 0.412. The number of aryl methyl sites for hydroxylation is 1. The number of carbonyl (C=O) groups is 1. The Morgan fingerprint density at radius 1 is 1.39 bits per heavy atom. The molecule has 0 fully saturated rings. The molecule has 0 spiro atoms. The molecule has 23 heavy (non-hydrogen) atoms. The smallest absolute Gasteiger partial charge is 0.244 e. The average molecular weight is 333 g/mol. The third-order valence-corrected chi connectivity index (χ3v) is 4.36. The number of nitrogens with zero attached hydrogens (tertiary/aromatic N) is 3. The monoisotopic (exact) mass is 333 g/mol. The molecule has 1 heterocycles. The highest BCUT2D eigenvalue weighted by molar-refractivity contribution is 7.09. The van der Waals surface area contributed by atoms with Crippen LogP contribution >= 0.6 is 11.3 Å². The molecule has 0 aliphatic carbocycles. The van der Waals surface area contributed by atoms with Crippen molar-refractivity contribution in [3.05, 3.63) is 52.0 Å². The van der Waals surface area contributed by atoms with E-state index >= 15 is 0 Å². The van der Waals surface area contributed by atoms with Crippen LogP contribution in [-0.4, -0.2) is 53.0 Å². The number of rotatable bonds is 7. The third kappa shape index (κ3) is 4.60. The van der Waals surface area contributed by atoms with Gasteiger partial charge in [0.25, 0.3) is 0 Å². The molecule has 0 unspecified atom stereocenters. The van der Waals surface area contributed by atoms with Crippen LogP contribution in [0.2, 0.25) is 0 Å². The molecule has 0 bridgehead atoms. The predicted molar refractivity (Wildman–Crippen MR) is 92.2 cm³/mol. The van der Waals surface area contributed by atoms with Gasteiger partial charge < -0.3 is 10.0 Å². The molecule has 1 aromatic heterocycles. The first-order valence-corrected chi connectivity index (χ1v) is 8.42. The maximum Gasteiger partial charge on any atom is 0.244 e. The maximum atomic E-state index is 13.1. The molecule has 2 rings (SSSR count). The van der Waals surface area contributed by atoms with Gasteiger partial charge in [0.1, 0.15) is 11.0 Å². The van der Waals surface area contributed by atoms with Crippen LogP contribution in [0.25, 0.3) is 0 Å². The van der Waals surface area contributed by atoms with Gasteiger partial charge in [0, 0.05) is 18.1 Å². The summed E-state index contributed by atoms with van der Waals surface area (Å²) in [5.41, 5.74) is 2.08. The summed E-state index contributed by atoms with van der Waals surface area (Å²) in [7, 11) is 3.79. The zero-order chi connectivity index (χ0) is 16.8. The van der Waals surface area contributed by atoms with Gasteiger partial charge >= 0.3 is 0 Å². The Morgan fingerprint density at radius 3 is 2.74 bits per heavy atom. The van der Waals surface area contributed by atoms with E-state index in [9.17, 15) is 9.90 Å². The van der Waals surface area contributed by atoms with Crippen LogP contribution < -0.4 is 0 Å². The molecule has 0 aliphatic rings. The quantitative estimate of drug-likeness (QED) is 0.843. The van der Waals surface area contributed by atoms with Crippen molar-refractivity contribution in [1.29, 1.82) is 0 Å². The van der Waals surface area contributed by atoms with Crippen molar-refractivity contribution in [1.82, 2.24) is 14.8 Å². The SMILES string of the molecule is Cc1cccc([C@@H](C(=O)N(CCO)Cc2nccs2)N(C)C)c1. The van der Waals surface area contributed by atoms with Gasteiger partial charge in [0.05, 0.1) is 13.2 Å². The normalized spacial score (nSPS) is 12.4. The minimum atomic E-state index is -0.374. The molecule has 2 aromatic rings. The van der Waals surface area contributed by atoms with Gasteiger partial charge in [-0.1, -0.05) is 29.8 Å². The first-order valence-electron chi connectivity index (χ1n) is 7.54. The fourth-order valence-corrected chi connectivity index (χ4v) is 3.19. The summed E-state index contributed by atoms with van der Waals surface area (Å²) >= 11 is 1.51. The van der Waals surface area contributed by atoms with E-state index in [1.165, 1.54) is 11.3 Å². The third-order valence-electron chi connectivity index (χ3n) is 3.60. The van der Waals surface area contributed by atoms with Crippen LogP contribution in [0.4, 0.5) is 0 Å². The zero-order valence-corrected chi connectivity index (χ0v) is 14.6. The molecular weight excluding hydrogens is 310 g/mol. The number of likely N-dealkylation sites (N-methyl/N-ethyl adjacent to an activating group) is 1. The summed E-state index contributed by atoms with van der Waals surface area (Å²) in [5.74, 6) is -0.0233. The van der Waals surface area contributed by atoms with Crippen molar-refractivity contribution in [2.75, 3.05) is 27.2 Å². The van der Waals surface area contributed by atoms with Gasteiger partial charge in [0.15, 0.2) is 0 Å². The Labute approximate surface area is 141 Å². The van der Waals surface area contributed by atoms with Crippen molar-refractivity contribution in [3.8, 4) is 0 Å². The minimum absolute atomic E-state index is 0.0233. The van der Waals surface area contributed by atoms with Gasteiger partial charge in [-0.05, 0) is 26.6 Å². The van der Waals surface area contributed by atoms with Crippen molar-refractivity contribution in [2.24, 2.45) is 0 Å². The number of aromatic nitrogens is 1. The lowest BCUT2D eigenvalue weighted by Gasteiger charge is -2.30. The van der Waals surface area contributed by atoms with Crippen LogP contribution in [0.3, 0.4) is 0 Å². The number of thiazole rings is 1. The molecule has 1 N–H and O–H groups in total. The molecule has 0 saturated carbocycles. The van der Waals surface area contributed by atoms with Gasteiger partial charge in [0.2, 0.25) is 5.91 Å². The van der Waals surface area contributed by atoms with E-state index in [0.717, 1.165) is 16.1 Å². The second-order valence-electron chi connectivity index (χ2n) is 5.69. The van der Waals surface area contributed by atoms with Crippen LogP contribution in [0.5, 0.6) is 0 Å². The predicted octanol–water partition coefficient (Wildman–Crippen LogP) is 2.08. The number of aliphatic hydroxyl groups excluding tert-OH is 1. The lowest BCUT2D eigenvalue weighted by molar-refractivity contribution is -0.137. The van der Waals surface area contributed by atoms with E-state index in [1.807, 2.05) is 55.6 Å². The van der Waals surface area contributed by atoms with Crippen molar-refractivity contribution >= 4 is 17.2 Å². The molecule has 0 aliphatic heterocycles. The first-order chi connectivity index (χ1) is 11.0. The van der Waals surface area contributed by atoms with E-state index in [2.05, 4.69) is 4.98 Å². The van der Waals surface area contributed by atoms with Crippen LogP contribution in [0.1, 0.15) is 22.2 Å². The lowest BCUT2D eigenvalue weighted by atomic mass is 10.0. The summed E-state index contributed by atoms with van der Waals surface area (Å²) in [5, 5.41) is 12.1. The number of carbonyl (C=O) groups excluding carboxylic acids is 1. The highest BCUT2D eigenvalue weighted by Crippen LogP contribution is 2.23. The molecule has 5 nitrogen and oxygen atoms in total. The topological polar surface area (TPSA) is 56.7 Å². The summed E-state index contributed by atoms with van der Waals surface area (Å²) in [6.45, 7) is 2.68. The second kappa shape index (κ2) is 8.19. The molecule has 0 saturated heterocycles. The van der Waals surface area contributed by atoms with Crippen molar-refractivity contribution < 1.29 is 9.90 Å².